The third-order valence-corrected chi connectivity index (χ3v) is 1.71. The maximum Gasteiger partial charge on any atom is 1.00 e. The van der Waals surface area contributed by atoms with Gasteiger partial charge >= 0.3 is 24.8 Å². The van der Waals surface area contributed by atoms with E-state index in [1.54, 1.807) is 12.1 Å². The van der Waals surface area contributed by atoms with Gasteiger partial charge in [-0.2, -0.15) is 0 Å². The molecule has 0 amide bonds. The summed E-state index contributed by atoms with van der Waals surface area (Å²) in [6, 6.07) is 5.42. The third-order valence-electron chi connectivity index (χ3n) is 1.71. The SMILES string of the molecule is N[C@@H](Cc1ccc(O)cc1)C(=O)O.[H-].[Li+]. The molecule has 0 fully saturated rings. The fourth-order valence-corrected chi connectivity index (χ4v) is 0.973. The number of aromatic hydroxyl groups is 1. The zero-order chi connectivity index (χ0) is 9.84. The Morgan fingerprint density at radius 2 is 1.93 bits per heavy atom. The minimum Gasteiger partial charge on any atom is -1.00 e. The fraction of sp³-hybridized carbons (Fsp3) is 0.222. The third kappa shape index (κ3) is 3.84. The van der Waals surface area contributed by atoms with Crippen LogP contribution in [-0.2, 0) is 11.2 Å². The number of rotatable bonds is 3. The molecular weight excluding hydrogens is 177 g/mol. The van der Waals surface area contributed by atoms with Gasteiger partial charge in [-0.15, -0.1) is 0 Å². The molecule has 0 bridgehead atoms. The Balaban J connectivity index is 0. The molecule has 0 spiro atoms. The van der Waals surface area contributed by atoms with Gasteiger partial charge in [0.25, 0.3) is 0 Å². The van der Waals surface area contributed by atoms with Crippen molar-refractivity contribution in [3.8, 4) is 5.75 Å². The molecule has 4 nitrogen and oxygen atoms in total. The van der Waals surface area contributed by atoms with Gasteiger partial charge < -0.3 is 17.4 Å². The first-order valence-corrected chi connectivity index (χ1v) is 3.86. The second-order valence-corrected chi connectivity index (χ2v) is 2.82. The molecule has 72 valence electrons. The number of carboxylic acid groups (broad SMARTS) is 1. The van der Waals surface area contributed by atoms with E-state index in [2.05, 4.69) is 0 Å². The number of benzene rings is 1. The Morgan fingerprint density at radius 1 is 1.43 bits per heavy atom. The minimum absolute atomic E-state index is 0. The molecular formula is C9H12LiNO3. The zero-order valence-electron chi connectivity index (χ0n) is 8.97. The van der Waals surface area contributed by atoms with Gasteiger partial charge in [0.15, 0.2) is 0 Å². The normalized spacial score (nSPS) is 11.5. The molecule has 14 heavy (non-hydrogen) atoms. The molecule has 0 saturated carbocycles. The van der Waals surface area contributed by atoms with E-state index < -0.39 is 12.0 Å². The molecule has 1 atom stereocenters. The van der Waals surface area contributed by atoms with Crippen LogP contribution >= 0.6 is 0 Å². The van der Waals surface area contributed by atoms with Crippen molar-refractivity contribution < 1.29 is 35.3 Å². The van der Waals surface area contributed by atoms with E-state index in [0.29, 0.717) is 0 Å². The molecule has 0 heterocycles. The van der Waals surface area contributed by atoms with Crippen LogP contribution < -0.4 is 24.6 Å². The van der Waals surface area contributed by atoms with Crippen LogP contribution in [0, 0.1) is 0 Å². The first-order chi connectivity index (χ1) is 6.09. The van der Waals surface area contributed by atoms with Gasteiger partial charge in [-0.05, 0) is 24.1 Å². The van der Waals surface area contributed by atoms with Gasteiger partial charge in [0, 0.05) is 0 Å². The molecule has 0 aromatic heterocycles. The molecule has 5 heteroatoms. The Morgan fingerprint density at radius 3 is 2.36 bits per heavy atom. The Bertz CT molecular complexity index is 305. The number of hydrogen-bond acceptors (Lipinski definition) is 3. The van der Waals surface area contributed by atoms with Crippen LogP contribution in [0.1, 0.15) is 6.99 Å². The molecule has 0 aliphatic heterocycles. The number of aliphatic carboxylic acids is 1. The van der Waals surface area contributed by atoms with E-state index in [0.717, 1.165) is 5.56 Å². The van der Waals surface area contributed by atoms with E-state index >= 15 is 0 Å². The molecule has 0 radical (unpaired) electrons. The van der Waals surface area contributed by atoms with Crippen LogP contribution in [-0.4, -0.2) is 22.2 Å². The van der Waals surface area contributed by atoms with Crippen LogP contribution in [0.5, 0.6) is 5.75 Å². The van der Waals surface area contributed by atoms with E-state index in [1.165, 1.54) is 12.1 Å². The van der Waals surface area contributed by atoms with Crippen molar-refractivity contribution in [2.45, 2.75) is 12.5 Å². The average Bonchev–Trinajstić information content (AvgIpc) is 2.08. The summed E-state index contributed by atoms with van der Waals surface area (Å²) in [5, 5.41) is 17.5. The number of hydrogen-bond donors (Lipinski definition) is 3. The quantitative estimate of drug-likeness (QED) is 0.457. The molecule has 1 aromatic rings. The van der Waals surface area contributed by atoms with Crippen LogP contribution in [0.25, 0.3) is 0 Å². The molecule has 0 unspecified atom stereocenters. The van der Waals surface area contributed by atoms with E-state index in [4.69, 9.17) is 15.9 Å². The number of phenolic OH excluding ortho intramolecular Hbond substituents is 1. The van der Waals surface area contributed by atoms with Crippen LogP contribution in [0.3, 0.4) is 0 Å². The summed E-state index contributed by atoms with van der Waals surface area (Å²) in [5.74, 6) is -0.860. The first-order valence-electron chi connectivity index (χ1n) is 3.86. The number of carboxylic acids is 1. The Labute approximate surface area is 95.4 Å². The first kappa shape index (κ1) is 13.0. The van der Waals surface area contributed by atoms with Crippen molar-refractivity contribution in [1.29, 1.82) is 0 Å². The Hall–Kier alpha value is -0.953. The van der Waals surface area contributed by atoms with Crippen LogP contribution in [0.15, 0.2) is 24.3 Å². The fourth-order valence-electron chi connectivity index (χ4n) is 0.973. The van der Waals surface area contributed by atoms with Gasteiger partial charge in [0.2, 0.25) is 0 Å². The molecule has 1 rings (SSSR count). The second kappa shape index (κ2) is 5.71. The summed E-state index contributed by atoms with van der Waals surface area (Å²) >= 11 is 0. The second-order valence-electron chi connectivity index (χ2n) is 2.82. The van der Waals surface area contributed by atoms with Crippen molar-refractivity contribution in [1.82, 2.24) is 0 Å². The monoisotopic (exact) mass is 189 g/mol. The number of phenols is 1. The van der Waals surface area contributed by atoms with Crippen LogP contribution in [0.2, 0.25) is 0 Å². The summed E-state index contributed by atoms with van der Waals surface area (Å²) in [4.78, 5) is 10.4. The molecule has 4 N–H and O–H groups in total. The summed E-state index contributed by atoms with van der Waals surface area (Å²) in [7, 11) is 0. The standard InChI is InChI=1S/C9H11NO3.Li.H/c10-8(9(12)13)5-6-1-3-7(11)4-2-6;;/h1-4,8,11H,5,10H2,(H,12,13);;/q;+1;-1/t8-;;/m0../s1. The van der Waals surface area contributed by atoms with Gasteiger partial charge in [0.05, 0.1) is 0 Å². The maximum absolute atomic E-state index is 10.4. The van der Waals surface area contributed by atoms with E-state index in [1.807, 2.05) is 0 Å². The van der Waals surface area contributed by atoms with E-state index in [-0.39, 0.29) is 32.5 Å². The molecule has 0 aliphatic carbocycles. The van der Waals surface area contributed by atoms with Crippen molar-refractivity contribution in [2.24, 2.45) is 5.73 Å². The van der Waals surface area contributed by atoms with Crippen molar-refractivity contribution in [2.75, 3.05) is 0 Å². The predicted octanol–water partition coefficient (Wildman–Crippen LogP) is -2.54. The molecule has 1 aromatic carbocycles. The summed E-state index contributed by atoms with van der Waals surface area (Å²) in [6.07, 6.45) is 0.273. The van der Waals surface area contributed by atoms with Crippen molar-refractivity contribution in [3.05, 3.63) is 29.8 Å². The minimum atomic E-state index is -1.02. The molecule has 0 aliphatic rings. The van der Waals surface area contributed by atoms with Gasteiger partial charge in [-0.25, -0.2) is 0 Å². The number of nitrogens with two attached hydrogens (primary N) is 1. The summed E-state index contributed by atoms with van der Waals surface area (Å²) < 4.78 is 0. The van der Waals surface area contributed by atoms with Gasteiger partial charge in [-0.3, -0.25) is 4.79 Å². The topological polar surface area (TPSA) is 83.5 Å². The summed E-state index contributed by atoms with van der Waals surface area (Å²) in [6.45, 7) is 0. The smallest absolute Gasteiger partial charge is 1.00 e. The number of carbonyl (C=O) groups is 1. The zero-order valence-corrected chi connectivity index (χ0v) is 7.97. The predicted molar refractivity (Wildman–Crippen MR) is 48.5 cm³/mol. The van der Waals surface area contributed by atoms with Crippen LogP contribution in [0.4, 0.5) is 0 Å². The molecule has 0 saturated heterocycles. The maximum atomic E-state index is 10.4. The van der Waals surface area contributed by atoms with Gasteiger partial charge in [-0.1, -0.05) is 12.1 Å². The Kier molecular flexibility index (Phi) is 5.32. The largest absolute Gasteiger partial charge is 1.00 e. The van der Waals surface area contributed by atoms with Crippen molar-refractivity contribution in [3.63, 3.8) is 0 Å². The van der Waals surface area contributed by atoms with Gasteiger partial charge in [0.1, 0.15) is 11.8 Å². The van der Waals surface area contributed by atoms with E-state index in [9.17, 15) is 4.79 Å². The average molecular weight is 189 g/mol. The summed E-state index contributed by atoms with van der Waals surface area (Å²) in [5.41, 5.74) is 6.12. The van der Waals surface area contributed by atoms with Crippen molar-refractivity contribution >= 4 is 5.97 Å².